The monoisotopic (exact) mass is 268 g/mol. The fraction of sp³-hybridized carbons (Fsp3) is 0.154. The maximum Gasteiger partial charge on any atom is 0.271 e. The second kappa shape index (κ2) is 4.37. The van der Waals surface area contributed by atoms with Gasteiger partial charge in [-0.1, -0.05) is 0 Å². The zero-order valence-corrected chi connectivity index (χ0v) is 11.0. The third-order valence-electron chi connectivity index (χ3n) is 3.00. The molecule has 0 unspecified atom stereocenters. The van der Waals surface area contributed by atoms with Crippen LogP contribution in [0.1, 0.15) is 16.2 Å². The lowest BCUT2D eigenvalue weighted by Crippen LogP contribution is -2.12. The Bertz CT molecular complexity index is 809. The maximum absolute atomic E-state index is 11.4. The predicted octanol–water partition coefficient (Wildman–Crippen LogP) is 0.833. The maximum atomic E-state index is 11.4. The Balaban J connectivity index is 2.33. The first-order valence-corrected chi connectivity index (χ1v) is 5.99. The Labute approximate surface area is 114 Å². The highest BCUT2D eigenvalue weighted by atomic mass is 16.1. The van der Waals surface area contributed by atoms with Gasteiger partial charge in [-0.3, -0.25) is 9.78 Å². The quantitative estimate of drug-likeness (QED) is 0.742. The molecule has 3 aromatic heterocycles. The van der Waals surface area contributed by atoms with Crippen LogP contribution in [0.3, 0.4) is 0 Å². The van der Waals surface area contributed by atoms with E-state index in [9.17, 15) is 4.79 Å². The van der Waals surface area contributed by atoms with E-state index < -0.39 is 5.91 Å². The second-order valence-corrected chi connectivity index (χ2v) is 4.41. The number of carbonyl (C=O) groups excluding carboxylic acids is 1. The molecule has 0 aromatic carbocycles. The van der Waals surface area contributed by atoms with Crippen molar-refractivity contribution in [1.82, 2.24) is 24.7 Å². The van der Waals surface area contributed by atoms with Gasteiger partial charge in [-0.25, -0.2) is 14.6 Å². The number of nitrogens with two attached hydrogens (primary N) is 1. The minimum absolute atomic E-state index is 0.125. The summed E-state index contributed by atoms with van der Waals surface area (Å²) in [6.45, 7) is 1.85. The van der Waals surface area contributed by atoms with Gasteiger partial charge >= 0.3 is 0 Å². The van der Waals surface area contributed by atoms with E-state index in [2.05, 4.69) is 20.1 Å². The van der Waals surface area contributed by atoms with Crippen molar-refractivity contribution in [2.24, 2.45) is 12.8 Å². The molecule has 0 aliphatic heterocycles. The van der Waals surface area contributed by atoms with Crippen LogP contribution in [0.2, 0.25) is 0 Å². The number of aryl methyl sites for hydroxylation is 2. The average Bonchev–Trinajstić information content (AvgIpc) is 2.76. The number of pyridine rings is 1. The van der Waals surface area contributed by atoms with Crippen molar-refractivity contribution < 1.29 is 4.79 Å². The average molecular weight is 268 g/mol. The highest BCUT2D eigenvalue weighted by molar-refractivity contribution is 6.02. The highest BCUT2D eigenvalue weighted by Gasteiger charge is 2.18. The van der Waals surface area contributed by atoms with Crippen molar-refractivity contribution in [1.29, 1.82) is 0 Å². The standard InChI is InChI=1S/C13H12N6O/c1-7-9(8-4-3-5-15-6-8)17-11-10(12(14)20)18-19(2)13(11)16-7/h3-6H,1-2H3,(H2,14,20). The number of nitrogens with zero attached hydrogens (tertiary/aromatic N) is 5. The molecule has 0 saturated carbocycles. The van der Waals surface area contributed by atoms with Crippen molar-refractivity contribution >= 4 is 17.1 Å². The van der Waals surface area contributed by atoms with Crippen molar-refractivity contribution in [3.63, 3.8) is 0 Å². The zero-order valence-electron chi connectivity index (χ0n) is 11.0. The van der Waals surface area contributed by atoms with E-state index in [4.69, 9.17) is 5.73 Å². The Kier molecular flexibility index (Phi) is 2.67. The number of fused-ring (bicyclic) bond motifs is 1. The summed E-state index contributed by atoms with van der Waals surface area (Å²) < 4.78 is 1.50. The van der Waals surface area contributed by atoms with Gasteiger partial charge in [0.25, 0.3) is 5.91 Å². The van der Waals surface area contributed by atoms with E-state index in [1.54, 1.807) is 19.4 Å². The molecule has 0 fully saturated rings. The van der Waals surface area contributed by atoms with Gasteiger partial charge < -0.3 is 5.73 Å². The molecule has 3 rings (SSSR count). The molecule has 20 heavy (non-hydrogen) atoms. The number of rotatable bonds is 2. The molecule has 0 spiro atoms. The molecule has 1 amide bonds. The molecule has 0 bridgehead atoms. The molecule has 0 aliphatic carbocycles. The number of amides is 1. The molecule has 7 heteroatoms. The van der Waals surface area contributed by atoms with Gasteiger partial charge in [0.1, 0.15) is 5.52 Å². The molecule has 3 heterocycles. The van der Waals surface area contributed by atoms with Crippen LogP contribution < -0.4 is 5.73 Å². The summed E-state index contributed by atoms with van der Waals surface area (Å²) >= 11 is 0. The molecule has 100 valence electrons. The minimum atomic E-state index is -0.620. The molecule has 0 radical (unpaired) electrons. The van der Waals surface area contributed by atoms with Gasteiger partial charge in [0, 0.05) is 25.0 Å². The van der Waals surface area contributed by atoms with Gasteiger partial charge in [0.2, 0.25) is 0 Å². The van der Waals surface area contributed by atoms with Crippen LogP contribution in [0.5, 0.6) is 0 Å². The molecule has 0 atom stereocenters. The lowest BCUT2D eigenvalue weighted by Gasteiger charge is -2.04. The van der Waals surface area contributed by atoms with Crippen molar-refractivity contribution in [3.8, 4) is 11.3 Å². The number of primary amides is 1. The molecular weight excluding hydrogens is 256 g/mol. The Morgan fingerprint density at radius 2 is 2.15 bits per heavy atom. The Hall–Kier alpha value is -2.83. The van der Waals surface area contributed by atoms with E-state index in [-0.39, 0.29) is 5.69 Å². The van der Waals surface area contributed by atoms with E-state index in [0.29, 0.717) is 16.9 Å². The zero-order chi connectivity index (χ0) is 14.3. The molecule has 0 aliphatic rings. The fourth-order valence-electron chi connectivity index (χ4n) is 2.08. The SMILES string of the molecule is Cc1nc2c(nc1-c1cccnc1)c(C(N)=O)nn2C. The van der Waals surface area contributed by atoms with E-state index in [1.165, 1.54) is 4.68 Å². The number of hydrogen-bond acceptors (Lipinski definition) is 5. The molecular formula is C13H12N6O. The van der Waals surface area contributed by atoms with Crippen LogP contribution >= 0.6 is 0 Å². The minimum Gasteiger partial charge on any atom is -0.364 e. The van der Waals surface area contributed by atoms with Gasteiger partial charge in [0.15, 0.2) is 11.3 Å². The lowest BCUT2D eigenvalue weighted by atomic mass is 10.1. The number of aromatic nitrogens is 5. The first-order chi connectivity index (χ1) is 9.58. The van der Waals surface area contributed by atoms with E-state index in [0.717, 1.165) is 11.3 Å². The predicted molar refractivity (Wildman–Crippen MR) is 72.8 cm³/mol. The summed E-state index contributed by atoms with van der Waals surface area (Å²) in [6.07, 6.45) is 3.38. The topological polar surface area (TPSA) is 99.6 Å². The van der Waals surface area contributed by atoms with Gasteiger partial charge in [-0.15, -0.1) is 0 Å². The van der Waals surface area contributed by atoms with Crippen molar-refractivity contribution in [2.75, 3.05) is 0 Å². The normalized spacial score (nSPS) is 10.9. The van der Waals surface area contributed by atoms with Crippen molar-refractivity contribution in [2.45, 2.75) is 6.92 Å². The Morgan fingerprint density at radius 1 is 1.35 bits per heavy atom. The third-order valence-corrected chi connectivity index (χ3v) is 3.00. The molecule has 2 N–H and O–H groups in total. The highest BCUT2D eigenvalue weighted by Crippen LogP contribution is 2.23. The van der Waals surface area contributed by atoms with Gasteiger partial charge in [-0.2, -0.15) is 5.10 Å². The summed E-state index contributed by atoms with van der Waals surface area (Å²) in [7, 11) is 1.70. The molecule has 7 nitrogen and oxygen atoms in total. The third kappa shape index (κ3) is 1.80. The Morgan fingerprint density at radius 3 is 2.80 bits per heavy atom. The lowest BCUT2D eigenvalue weighted by molar-refractivity contribution is 0.0996. The van der Waals surface area contributed by atoms with Crippen LogP contribution in [0, 0.1) is 6.92 Å². The second-order valence-electron chi connectivity index (χ2n) is 4.41. The summed E-state index contributed by atoms with van der Waals surface area (Å²) in [4.78, 5) is 24.4. The van der Waals surface area contributed by atoms with Gasteiger partial charge in [0.05, 0.1) is 11.4 Å². The molecule has 3 aromatic rings. The van der Waals surface area contributed by atoms with E-state index >= 15 is 0 Å². The van der Waals surface area contributed by atoms with Crippen molar-refractivity contribution in [3.05, 3.63) is 35.9 Å². The summed E-state index contributed by atoms with van der Waals surface area (Å²) in [5.41, 5.74) is 8.63. The first kappa shape index (κ1) is 12.2. The van der Waals surface area contributed by atoms with Gasteiger partial charge in [-0.05, 0) is 19.1 Å². The number of hydrogen-bond donors (Lipinski definition) is 1. The van der Waals surface area contributed by atoms with Crippen LogP contribution in [-0.4, -0.2) is 30.6 Å². The molecule has 0 saturated heterocycles. The van der Waals surface area contributed by atoms with Crippen LogP contribution in [-0.2, 0) is 7.05 Å². The van der Waals surface area contributed by atoms with E-state index in [1.807, 2.05) is 19.1 Å². The largest absolute Gasteiger partial charge is 0.364 e. The summed E-state index contributed by atoms with van der Waals surface area (Å²) in [5, 5.41) is 4.07. The fourth-order valence-corrected chi connectivity index (χ4v) is 2.08. The van der Waals surface area contributed by atoms with Crippen LogP contribution in [0.15, 0.2) is 24.5 Å². The summed E-state index contributed by atoms with van der Waals surface area (Å²) in [5.74, 6) is -0.620. The summed E-state index contributed by atoms with van der Waals surface area (Å²) in [6, 6.07) is 3.70. The van der Waals surface area contributed by atoms with Crippen LogP contribution in [0.25, 0.3) is 22.4 Å². The van der Waals surface area contributed by atoms with Crippen LogP contribution in [0.4, 0.5) is 0 Å². The number of carbonyl (C=O) groups is 1. The first-order valence-electron chi connectivity index (χ1n) is 5.99. The smallest absolute Gasteiger partial charge is 0.271 e.